The zero-order valence-corrected chi connectivity index (χ0v) is 25.4. The number of fused-ring (bicyclic) bond motifs is 1. The van der Waals surface area contributed by atoms with Crippen LogP contribution in [0.1, 0.15) is 25.0 Å². The van der Waals surface area contributed by atoms with Gasteiger partial charge in [-0.1, -0.05) is 93.0 Å². The van der Waals surface area contributed by atoms with Crippen molar-refractivity contribution in [3.8, 4) is 0 Å². The summed E-state index contributed by atoms with van der Waals surface area (Å²) in [5, 5.41) is 15.5. The van der Waals surface area contributed by atoms with Gasteiger partial charge >= 0.3 is 43.1 Å². The van der Waals surface area contributed by atoms with Crippen molar-refractivity contribution < 1.29 is 63.0 Å². The van der Waals surface area contributed by atoms with Crippen LogP contribution in [0, 0.1) is 5.92 Å². The van der Waals surface area contributed by atoms with Gasteiger partial charge in [0.05, 0.1) is 7.11 Å². The number of hydrogen-bond acceptors (Lipinski definition) is 7. The number of nitrogens with one attached hydrogen (secondary N) is 1. The van der Waals surface area contributed by atoms with Gasteiger partial charge in [-0.15, -0.1) is 0 Å². The molecule has 39 heavy (non-hydrogen) atoms. The molecule has 0 aliphatic heterocycles. The Bertz CT molecular complexity index is 1320. The van der Waals surface area contributed by atoms with Crippen molar-refractivity contribution in [1.82, 2.24) is 5.32 Å². The molecule has 0 fully saturated rings. The third kappa shape index (κ3) is 9.28. The van der Waals surface area contributed by atoms with Crippen LogP contribution < -0.4 is 40.0 Å². The molecule has 0 aliphatic carbocycles. The predicted octanol–water partition coefficient (Wildman–Crippen LogP) is 0.228. The van der Waals surface area contributed by atoms with Crippen LogP contribution in [0.3, 0.4) is 0 Å². The van der Waals surface area contributed by atoms with Gasteiger partial charge in [-0.05, 0) is 27.8 Å². The van der Waals surface area contributed by atoms with Gasteiger partial charge in [0.2, 0.25) is 5.91 Å². The van der Waals surface area contributed by atoms with Crippen molar-refractivity contribution in [3.05, 3.63) is 83.9 Å². The third-order valence-corrected chi connectivity index (χ3v) is 7.73. The second-order valence-electron chi connectivity index (χ2n) is 9.22. The van der Waals surface area contributed by atoms with Gasteiger partial charge < -0.3 is 20.1 Å². The molecule has 0 bridgehead atoms. The van der Waals surface area contributed by atoms with E-state index in [0.717, 1.165) is 17.9 Å². The molecule has 1 amide bonds. The topological polar surface area (TPSA) is 137 Å². The predicted molar refractivity (Wildman–Crippen MR) is 144 cm³/mol. The molecule has 3 aromatic carbocycles. The second-order valence-corrected chi connectivity index (χ2v) is 11.2. The number of rotatable bonds is 12. The fraction of sp³-hybridized carbons (Fsp3) is 0.321. The molecule has 0 spiro atoms. The van der Waals surface area contributed by atoms with Crippen LogP contribution in [-0.4, -0.2) is 48.2 Å². The number of benzene rings is 3. The van der Waals surface area contributed by atoms with Crippen molar-refractivity contribution in [2.24, 2.45) is 10.9 Å². The minimum absolute atomic E-state index is 0. The molecular weight excluding hydrogens is 530 g/mol. The summed E-state index contributed by atoms with van der Waals surface area (Å²) in [7, 11) is -3.53. The van der Waals surface area contributed by atoms with Crippen molar-refractivity contribution in [3.63, 3.8) is 0 Å². The number of ether oxygens (including phenoxy) is 1. The Hall–Kier alpha value is -2.52. The molecule has 4 atom stereocenters. The average molecular weight is 563 g/mol. The first-order valence-corrected chi connectivity index (χ1v) is 13.8. The average Bonchev–Trinajstić information content (AvgIpc) is 2.90. The molecule has 9 nitrogen and oxygen atoms in total. The van der Waals surface area contributed by atoms with E-state index in [0.29, 0.717) is 11.1 Å². The van der Waals surface area contributed by atoms with E-state index in [-0.39, 0.29) is 54.7 Å². The number of aliphatic imine (C=N–C) groups is 1. The molecule has 0 radical (unpaired) electrons. The van der Waals surface area contributed by atoms with Gasteiger partial charge in [-0.25, -0.2) is 4.79 Å². The standard InChI is InChI=1S/C28H33N2O7P.Na/c1-19(2)26(29-18-31)27(32)30-25(17-21-13-14-22-11-7-8-12-23(22)15-21)38(34,35)37-24(28(33)36-3)16-20-9-5-4-6-10-20;/h4-15,18-19,24-26H,16-17H2,1-3H3,(H,29,31)(H,30,32)(H,34,35);/q;+1/p-1/t24-,25+,26-;/m0./s1. The number of nitrogens with zero attached hydrogens (tertiary/aromatic N) is 1. The van der Waals surface area contributed by atoms with Crippen molar-refractivity contribution >= 4 is 36.6 Å². The fourth-order valence-corrected chi connectivity index (χ4v) is 5.48. The molecule has 202 valence electrons. The molecule has 3 rings (SSSR count). The van der Waals surface area contributed by atoms with Gasteiger partial charge in [0.15, 0.2) is 6.10 Å². The van der Waals surface area contributed by atoms with Crippen LogP contribution in [-0.2, 0) is 36.3 Å². The normalized spacial score (nSPS) is 15.2. The first-order chi connectivity index (χ1) is 18.1. The smallest absolute Gasteiger partial charge is 0.864 e. The Kier molecular flexibility index (Phi) is 12.8. The second kappa shape index (κ2) is 15.3. The number of carbonyl (C=O) groups is 2. The van der Waals surface area contributed by atoms with E-state index in [1.54, 1.807) is 50.2 Å². The number of hydrogen-bond donors (Lipinski definition) is 2. The molecule has 11 heteroatoms. The summed E-state index contributed by atoms with van der Waals surface area (Å²) >= 11 is 0. The van der Waals surface area contributed by atoms with Crippen LogP contribution in [0.2, 0.25) is 0 Å². The Labute approximate surface area is 250 Å². The van der Waals surface area contributed by atoms with E-state index in [4.69, 9.17) is 9.26 Å². The van der Waals surface area contributed by atoms with Crippen molar-refractivity contribution in [1.29, 1.82) is 0 Å². The minimum Gasteiger partial charge on any atom is -0.864 e. The van der Waals surface area contributed by atoms with Gasteiger partial charge in [-0.2, -0.15) is 0 Å². The summed E-state index contributed by atoms with van der Waals surface area (Å²) in [6, 6.07) is 20.9. The number of amides is 1. The largest absolute Gasteiger partial charge is 1.00 e. The van der Waals surface area contributed by atoms with Gasteiger partial charge in [-0.3, -0.25) is 18.9 Å². The Morgan fingerprint density at radius 1 is 1.00 bits per heavy atom. The summed E-state index contributed by atoms with van der Waals surface area (Å²) in [6.45, 7) is 3.41. The van der Waals surface area contributed by atoms with E-state index in [1.165, 1.54) is 0 Å². The maximum Gasteiger partial charge on any atom is 1.00 e. The van der Waals surface area contributed by atoms with E-state index in [1.807, 2.05) is 36.4 Å². The van der Waals surface area contributed by atoms with Gasteiger partial charge in [0.1, 0.15) is 11.8 Å². The third-order valence-electron chi connectivity index (χ3n) is 6.07. The van der Waals surface area contributed by atoms with Crippen LogP contribution in [0.5, 0.6) is 0 Å². The van der Waals surface area contributed by atoms with E-state index in [2.05, 4.69) is 10.3 Å². The monoisotopic (exact) mass is 562 g/mol. The van der Waals surface area contributed by atoms with E-state index >= 15 is 0 Å². The van der Waals surface area contributed by atoms with Crippen LogP contribution in [0.25, 0.3) is 10.8 Å². The molecule has 0 saturated carbocycles. The van der Waals surface area contributed by atoms with Crippen molar-refractivity contribution in [2.75, 3.05) is 7.11 Å². The summed E-state index contributed by atoms with van der Waals surface area (Å²) < 4.78 is 24.1. The number of methoxy groups -OCH3 is 1. The quantitative estimate of drug-likeness (QED) is 0.106. The molecule has 0 heterocycles. The molecule has 0 aliphatic rings. The number of esters is 1. The Balaban J connectivity index is 0.00000533. The van der Waals surface area contributed by atoms with Crippen molar-refractivity contribution in [2.45, 2.75) is 44.6 Å². The van der Waals surface area contributed by atoms with Gasteiger partial charge in [0.25, 0.3) is 0 Å². The van der Waals surface area contributed by atoms with Crippen LogP contribution in [0.4, 0.5) is 0 Å². The summed E-state index contributed by atoms with van der Waals surface area (Å²) in [4.78, 5) is 40.4. The molecule has 3 aromatic rings. The van der Waals surface area contributed by atoms with E-state index < -0.39 is 37.4 Å². The first-order valence-electron chi connectivity index (χ1n) is 12.2. The summed E-state index contributed by atoms with van der Waals surface area (Å²) in [6.07, 6.45) is -1.20. The molecule has 1 unspecified atom stereocenters. The number of carbonyl (C=O) groups excluding carboxylic acids is 2. The SMILES string of the molecule is COC(=O)[C@H](Cc1ccccc1)OP(=O)(O)[C@H](Cc1ccc2ccccc2c1)NC(=O)[C@@H](N=C[O-])C(C)C.[Na+]. The summed E-state index contributed by atoms with van der Waals surface area (Å²) in [5.74, 6) is -3.30. The maximum atomic E-state index is 13.7. The van der Waals surface area contributed by atoms with Crippen LogP contribution >= 0.6 is 7.60 Å². The molecule has 2 N–H and O–H groups in total. The molecule has 0 aromatic heterocycles. The summed E-state index contributed by atoms with van der Waals surface area (Å²) in [5.41, 5.74) is 1.36. The zero-order valence-electron chi connectivity index (χ0n) is 22.5. The minimum atomic E-state index is -4.69. The zero-order chi connectivity index (χ0) is 27.7. The Morgan fingerprint density at radius 3 is 2.26 bits per heavy atom. The van der Waals surface area contributed by atoms with Gasteiger partial charge in [0, 0.05) is 12.8 Å². The fourth-order valence-electron chi connectivity index (χ4n) is 4.07. The first kappa shape index (κ1) is 32.7. The Morgan fingerprint density at radius 2 is 1.64 bits per heavy atom. The molecular formula is C28H32N2NaO7P. The van der Waals surface area contributed by atoms with E-state index in [9.17, 15) is 24.2 Å². The maximum absolute atomic E-state index is 13.7. The molecule has 0 saturated heterocycles. The van der Waals surface area contributed by atoms with Crippen LogP contribution in [0.15, 0.2) is 77.8 Å².